The zero-order valence-electron chi connectivity index (χ0n) is 8.29. The van der Waals surface area contributed by atoms with E-state index >= 15 is 0 Å². The van der Waals surface area contributed by atoms with E-state index in [1.165, 1.54) is 0 Å². The molecule has 0 amide bonds. The average Bonchev–Trinajstić information content (AvgIpc) is 2.20. The molecule has 1 aromatic carbocycles. The third-order valence-corrected chi connectivity index (χ3v) is 1.91. The van der Waals surface area contributed by atoms with Gasteiger partial charge < -0.3 is 15.6 Å². The first kappa shape index (κ1) is 10.6. The Morgan fingerprint density at radius 3 is 2.86 bits per heavy atom. The van der Waals surface area contributed by atoms with Gasteiger partial charge in [-0.1, -0.05) is 12.6 Å². The second-order valence-corrected chi connectivity index (χ2v) is 2.92. The van der Waals surface area contributed by atoms with Gasteiger partial charge in [0.25, 0.3) is 0 Å². The van der Waals surface area contributed by atoms with Crippen LogP contribution in [0, 0.1) is 0 Å². The molecule has 0 saturated heterocycles. The molecular weight excluding hydrogens is 178 g/mol. The Hall–Kier alpha value is -1.48. The van der Waals surface area contributed by atoms with Crippen LogP contribution in [0.2, 0.25) is 0 Å². The number of hydrogen-bond donors (Lipinski definition) is 2. The first-order valence-corrected chi connectivity index (χ1v) is 4.53. The van der Waals surface area contributed by atoms with Gasteiger partial charge in [-0.25, -0.2) is 0 Å². The van der Waals surface area contributed by atoms with Crippen molar-refractivity contribution in [3.63, 3.8) is 0 Å². The van der Waals surface area contributed by atoms with Gasteiger partial charge in [-0.15, -0.1) is 0 Å². The predicted octanol–water partition coefficient (Wildman–Crippen LogP) is 1.76. The van der Waals surface area contributed by atoms with Crippen LogP contribution >= 0.6 is 0 Å². The van der Waals surface area contributed by atoms with Crippen molar-refractivity contribution < 1.29 is 9.84 Å². The van der Waals surface area contributed by atoms with E-state index in [4.69, 9.17) is 10.5 Å². The van der Waals surface area contributed by atoms with Crippen molar-refractivity contribution in [2.45, 2.75) is 6.92 Å². The van der Waals surface area contributed by atoms with Gasteiger partial charge in [0.1, 0.15) is 0 Å². The highest BCUT2D eigenvalue weighted by molar-refractivity contribution is 5.67. The molecule has 3 nitrogen and oxygen atoms in total. The predicted molar refractivity (Wildman–Crippen MR) is 57.4 cm³/mol. The van der Waals surface area contributed by atoms with Gasteiger partial charge in [-0.2, -0.15) is 0 Å². The molecule has 0 bridgehead atoms. The summed E-state index contributed by atoms with van der Waals surface area (Å²) in [6.07, 6.45) is 0. The molecule has 0 aliphatic heterocycles. The number of aromatic hydroxyl groups is 1. The smallest absolute Gasteiger partial charge is 0.161 e. The summed E-state index contributed by atoms with van der Waals surface area (Å²) in [6.45, 7) is 6.60. The first-order chi connectivity index (χ1) is 6.69. The Kier molecular flexibility index (Phi) is 3.54. The molecule has 1 rings (SSSR count). The van der Waals surface area contributed by atoms with Crippen LogP contribution < -0.4 is 10.5 Å². The largest absolute Gasteiger partial charge is 0.504 e. The first-order valence-electron chi connectivity index (χ1n) is 4.53. The van der Waals surface area contributed by atoms with Crippen molar-refractivity contribution in [3.8, 4) is 11.5 Å². The Morgan fingerprint density at radius 1 is 1.57 bits per heavy atom. The van der Waals surface area contributed by atoms with Crippen molar-refractivity contribution in [2.24, 2.45) is 5.73 Å². The number of hydrogen-bond acceptors (Lipinski definition) is 3. The number of ether oxygens (including phenoxy) is 1. The Labute approximate surface area is 83.8 Å². The van der Waals surface area contributed by atoms with Gasteiger partial charge in [0.05, 0.1) is 6.61 Å². The van der Waals surface area contributed by atoms with E-state index < -0.39 is 0 Å². The van der Waals surface area contributed by atoms with Crippen LogP contribution in [-0.2, 0) is 0 Å². The summed E-state index contributed by atoms with van der Waals surface area (Å²) in [5.74, 6) is 0.611. The Balaban J connectivity index is 2.99. The summed E-state index contributed by atoms with van der Waals surface area (Å²) in [7, 11) is 0. The minimum absolute atomic E-state index is 0.139. The second-order valence-electron chi connectivity index (χ2n) is 2.92. The molecular formula is C11H15NO2. The van der Waals surface area contributed by atoms with Crippen LogP contribution in [0.15, 0.2) is 24.8 Å². The number of benzene rings is 1. The minimum atomic E-state index is 0.139. The van der Waals surface area contributed by atoms with Crippen molar-refractivity contribution in [3.05, 3.63) is 30.3 Å². The Bertz CT molecular complexity index is 334. The fourth-order valence-electron chi connectivity index (χ4n) is 1.12. The van der Waals surface area contributed by atoms with E-state index in [1.807, 2.05) is 6.92 Å². The maximum absolute atomic E-state index is 9.43. The fourth-order valence-corrected chi connectivity index (χ4v) is 1.12. The molecule has 1 aromatic rings. The number of rotatable bonds is 4. The van der Waals surface area contributed by atoms with E-state index in [-0.39, 0.29) is 5.75 Å². The molecule has 0 heterocycles. The number of phenols is 1. The third-order valence-electron chi connectivity index (χ3n) is 1.91. The third kappa shape index (κ3) is 2.26. The van der Waals surface area contributed by atoms with Gasteiger partial charge in [-0.3, -0.25) is 0 Å². The lowest BCUT2D eigenvalue weighted by molar-refractivity contribution is 0.318. The standard InChI is InChI=1S/C11H15NO2/c1-3-14-11-6-9(8(2)7-12)4-5-10(11)13/h4-6,13H,2-3,7,12H2,1H3. The molecule has 0 spiro atoms. The van der Waals surface area contributed by atoms with Gasteiger partial charge in [-0.05, 0) is 30.2 Å². The van der Waals surface area contributed by atoms with Gasteiger partial charge in [0.2, 0.25) is 0 Å². The van der Waals surface area contributed by atoms with Crippen LogP contribution in [0.1, 0.15) is 12.5 Å². The second kappa shape index (κ2) is 4.67. The summed E-state index contributed by atoms with van der Waals surface area (Å²) in [6, 6.07) is 5.10. The van der Waals surface area contributed by atoms with Crippen molar-refractivity contribution in [2.75, 3.05) is 13.2 Å². The molecule has 3 heteroatoms. The lowest BCUT2D eigenvalue weighted by atomic mass is 10.1. The van der Waals surface area contributed by atoms with E-state index in [0.717, 1.165) is 11.1 Å². The molecule has 0 aliphatic rings. The monoisotopic (exact) mass is 193 g/mol. The molecule has 0 atom stereocenters. The minimum Gasteiger partial charge on any atom is -0.504 e. The van der Waals surface area contributed by atoms with E-state index in [1.54, 1.807) is 18.2 Å². The van der Waals surface area contributed by atoms with Crippen molar-refractivity contribution >= 4 is 5.57 Å². The molecule has 14 heavy (non-hydrogen) atoms. The highest BCUT2D eigenvalue weighted by Gasteiger charge is 2.04. The van der Waals surface area contributed by atoms with Gasteiger partial charge in [0, 0.05) is 6.54 Å². The lowest BCUT2D eigenvalue weighted by Gasteiger charge is -2.08. The molecule has 0 saturated carbocycles. The summed E-state index contributed by atoms with van der Waals surface area (Å²) in [5.41, 5.74) is 7.19. The summed E-state index contributed by atoms with van der Waals surface area (Å²) in [4.78, 5) is 0. The van der Waals surface area contributed by atoms with Crippen LogP contribution in [0.5, 0.6) is 11.5 Å². The van der Waals surface area contributed by atoms with E-state index in [2.05, 4.69) is 6.58 Å². The van der Waals surface area contributed by atoms with E-state index in [9.17, 15) is 5.11 Å². The summed E-state index contributed by atoms with van der Waals surface area (Å²) < 4.78 is 5.24. The fraction of sp³-hybridized carbons (Fsp3) is 0.273. The number of nitrogens with two attached hydrogens (primary N) is 1. The maximum atomic E-state index is 9.43. The number of phenolic OH excluding ortho intramolecular Hbond substituents is 1. The topological polar surface area (TPSA) is 55.5 Å². The summed E-state index contributed by atoms with van der Waals surface area (Å²) in [5, 5.41) is 9.43. The van der Waals surface area contributed by atoms with Crippen LogP contribution in [0.4, 0.5) is 0 Å². The molecule has 0 radical (unpaired) electrons. The zero-order valence-corrected chi connectivity index (χ0v) is 8.29. The van der Waals surface area contributed by atoms with Gasteiger partial charge >= 0.3 is 0 Å². The average molecular weight is 193 g/mol. The Morgan fingerprint density at radius 2 is 2.29 bits per heavy atom. The van der Waals surface area contributed by atoms with Crippen LogP contribution in [0.3, 0.4) is 0 Å². The quantitative estimate of drug-likeness (QED) is 0.766. The van der Waals surface area contributed by atoms with Crippen molar-refractivity contribution in [1.82, 2.24) is 0 Å². The normalized spacial score (nSPS) is 9.86. The van der Waals surface area contributed by atoms with Crippen molar-refractivity contribution in [1.29, 1.82) is 0 Å². The van der Waals surface area contributed by atoms with Crippen LogP contribution in [0.25, 0.3) is 5.57 Å². The molecule has 0 aliphatic carbocycles. The molecule has 0 fully saturated rings. The molecule has 0 unspecified atom stereocenters. The van der Waals surface area contributed by atoms with Gasteiger partial charge in [0.15, 0.2) is 11.5 Å². The van der Waals surface area contributed by atoms with Crippen LogP contribution in [-0.4, -0.2) is 18.3 Å². The molecule has 3 N–H and O–H groups in total. The highest BCUT2D eigenvalue weighted by atomic mass is 16.5. The summed E-state index contributed by atoms with van der Waals surface area (Å²) >= 11 is 0. The van der Waals surface area contributed by atoms with E-state index in [0.29, 0.717) is 18.9 Å². The molecule has 76 valence electrons. The zero-order chi connectivity index (χ0) is 10.6. The SMILES string of the molecule is C=C(CN)c1ccc(O)c(OCC)c1. The molecule has 0 aromatic heterocycles. The highest BCUT2D eigenvalue weighted by Crippen LogP contribution is 2.28. The lowest BCUT2D eigenvalue weighted by Crippen LogP contribution is -2.01. The maximum Gasteiger partial charge on any atom is 0.161 e.